The van der Waals surface area contributed by atoms with Crippen molar-refractivity contribution in [2.75, 3.05) is 6.61 Å². The van der Waals surface area contributed by atoms with Gasteiger partial charge in [-0.05, 0) is 36.6 Å². The number of benzene rings is 2. The molecule has 0 aliphatic heterocycles. The van der Waals surface area contributed by atoms with Gasteiger partial charge in [-0.15, -0.1) is 0 Å². The summed E-state index contributed by atoms with van der Waals surface area (Å²) in [5.74, 6) is -1.79. The molecular formula is C16H16O7S. The Bertz CT molecular complexity index is 829. The van der Waals surface area contributed by atoms with Crippen LogP contribution >= 0.6 is 0 Å². The van der Waals surface area contributed by atoms with Crippen molar-refractivity contribution in [1.29, 1.82) is 0 Å². The van der Waals surface area contributed by atoms with Gasteiger partial charge in [0.05, 0.1) is 6.61 Å². The van der Waals surface area contributed by atoms with Crippen molar-refractivity contribution in [3.63, 3.8) is 0 Å². The van der Waals surface area contributed by atoms with Gasteiger partial charge in [0.25, 0.3) is 10.1 Å². The van der Waals surface area contributed by atoms with Crippen LogP contribution in [-0.4, -0.2) is 35.8 Å². The fourth-order valence-electron chi connectivity index (χ4n) is 2.24. The first-order valence-electron chi connectivity index (χ1n) is 7.04. The minimum atomic E-state index is -4.76. The van der Waals surface area contributed by atoms with Crippen LogP contribution in [0.5, 0.6) is 11.5 Å². The maximum atomic E-state index is 11.5. The predicted molar refractivity (Wildman–Crippen MR) is 85.1 cm³/mol. The highest BCUT2D eigenvalue weighted by molar-refractivity contribution is 7.86. The summed E-state index contributed by atoms with van der Waals surface area (Å²) in [4.78, 5) is 10.2. The van der Waals surface area contributed by atoms with Gasteiger partial charge in [-0.2, -0.15) is 8.42 Å². The van der Waals surface area contributed by atoms with Gasteiger partial charge in [-0.1, -0.05) is 24.3 Å². The molecule has 0 bridgehead atoms. The van der Waals surface area contributed by atoms with E-state index in [0.29, 0.717) is 12.2 Å². The lowest BCUT2D eigenvalue weighted by Crippen LogP contribution is -2.09. The first kappa shape index (κ1) is 17.8. The van der Waals surface area contributed by atoms with Crippen molar-refractivity contribution in [2.24, 2.45) is 0 Å². The summed E-state index contributed by atoms with van der Waals surface area (Å²) in [6, 6.07) is 11.4. The Morgan fingerprint density at radius 3 is 2.33 bits per heavy atom. The molecule has 0 fully saturated rings. The van der Waals surface area contributed by atoms with Crippen LogP contribution in [0.3, 0.4) is 0 Å². The number of aryl methyl sites for hydroxylation is 1. The Morgan fingerprint density at radius 1 is 1.08 bits per heavy atom. The Morgan fingerprint density at radius 2 is 1.75 bits per heavy atom. The molecule has 0 saturated carbocycles. The van der Waals surface area contributed by atoms with Crippen LogP contribution in [-0.2, 0) is 16.5 Å². The highest BCUT2D eigenvalue weighted by atomic mass is 32.2. The zero-order valence-corrected chi connectivity index (χ0v) is 13.4. The second kappa shape index (κ2) is 7.33. The number of carboxylic acid groups (broad SMARTS) is 1. The van der Waals surface area contributed by atoms with Crippen LogP contribution < -0.4 is 4.74 Å². The van der Waals surface area contributed by atoms with Gasteiger partial charge in [-0.3, -0.25) is 4.55 Å². The Labute approximate surface area is 138 Å². The van der Waals surface area contributed by atoms with E-state index in [1.54, 1.807) is 12.1 Å². The molecule has 0 unspecified atom stereocenters. The number of rotatable bonds is 7. The van der Waals surface area contributed by atoms with E-state index < -0.39 is 32.3 Å². The normalized spacial score (nSPS) is 11.2. The number of hydrogen-bond donors (Lipinski definition) is 3. The molecule has 0 aliphatic carbocycles. The number of carboxylic acids is 1. The molecule has 24 heavy (non-hydrogen) atoms. The number of carbonyl (C=O) groups is 1. The molecule has 128 valence electrons. The third-order valence-corrected chi connectivity index (χ3v) is 4.28. The highest BCUT2D eigenvalue weighted by Gasteiger charge is 2.25. The lowest BCUT2D eigenvalue weighted by Gasteiger charge is -2.11. The smallest absolute Gasteiger partial charge is 0.339 e. The van der Waals surface area contributed by atoms with E-state index in [2.05, 4.69) is 0 Å². The van der Waals surface area contributed by atoms with Crippen LogP contribution in [0.4, 0.5) is 0 Å². The molecule has 3 N–H and O–H groups in total. The second-order valence-corrected chi connectivity index (χ2v) is 6.35. The van der Waals surface area contributed by atoms with Gasteiger partial charge in [0.2, 0.25) is 0 Å². The Kier molecular flexibility index (Phi) is 5.42. The standard InChI is InChI=1S/C16H16O7S/c17-14-13(16(18)19)9-8-11(15(14)24(20,21)22)5-4-10-23-12-6-2-1-3-7-12/h1-3,6-9,17H,4-5,10H2,(H,18,19)(H,20,21,22). The Balaban J connectivity index is 2.15. The number of hydrogen-bond acceptors (Lipinski definition) is 5. The molecule has 2 aromatic rings. The fourth-order valence-corrected chi connectivity index (χ4v) is 3.10. The fraction of sp³-hybridized carbons (Fsp3) is 0.188. The molecule has 8 heteroatoms. The summed E-state index contributed by atoms with van der Waals surface area (Å²) in [5, 5.41) is 18.8. The molecule has 0 aliphatic rings. The maximum absolute atomic E-state index is 11.5. The summed E-state index contributed by atoms with van der Waals surface area (Å²) in [6.07, 6.45) is 0.582. The summed E-state index contributed by atoms with van der Waals surface area (Å²) >= 11 is 0. The van der Waals surface area contributed by atoms with Crippen molar-refractivity contribution in [2.45, 2.75) is 17.7 Å². The third-order valence-electron chi connectivity index (χ3n) is 3.30. The summed E-state index contributed by atoms with van der Waals surface area (Å²) in [5.41, 5.74) is -0.469. The first-order valence-corrected chi connectivity index (χ1v) is 8.48. The predicted octanol–water partition coefficient (Wildman–Crippen LogP) is 2.35. The van der Waals surface area contributed by atoms with E-state index >= 15 is 0 Å². The van der Waals surface area contributed by atoms with Crippen LogP contribution in [0.15, 0.2) is 47.4 Å². The Hall–Kier alpha value is -2.58. The van der Waals surface area contributed by atoms with Gasteiger partial charge < -0.3 is 14.9 Å². The molecule has 0 atom stereocenters. The van der Waals surface area contributed by atoms with E-state index in [0.717, 1.165) is 6.07 Å². The van der Waals surface area contributed by atoms with E-state index in [9.17, 15) is 22.9 Å². The number of para-hydroxylation sites is 1. The summed E-state index contributed by atoms with van der Waals surface area (Å²) in [6.45, 7) is 0.288. The van der Waals surface area contributed by atoms with E-state index in [-0.39, 0.29) is 18.6 Å². The van der Waals surface area contributed by atoms with Crippen LogP contribution in [0.25, 0.3) is 0 Å². The molecular weight excluding hydrogens is 336 g/mol. The van der Waals surface area contributed by atoms with Crippen molar-refractivity contribution < 1.29 is 32.7 Å². The number of phenols is 1. The number of aromatic carboxylic acids is 1. The average Bonchev–Trinajstić information content (AvgIpc) is 2.51. The van der Waals surface area contributed by atoms with Gasteiger partial charge in [-0.25, -0.2) is 4.79 Å². The lowest BCUT2D eigenvalue weighted by molar-refractivity contribution is 0.0693. The summed E-state index contributed by atoms with van der Waals surface area (Å²) in [7, 11) is -4.76. The third kappa shape index (κ3) is 4.24. The minimum absolute atomic E-state index is 0.122. The van der Waals surface area contributed by atoms with Crippen molar-refractivity contribution in [1.82, 2.24) is 0 Å². The first-order chi connectivity index (χ1) is 11.3. The van der Waals surface area contributed by atoms with Crippen LogP contribution in [0.2, 0.25) is 0 Å². The lowest BCUT2D eigenvalue weighted by atomic mass is 10.1. The molecule has 0 aromatic heterocycles. The van der Waals surface area contributed by atoms with E-state index in [1.165, 1.54) is 6.07 Å². The molecule has 0 radical (unpaired) electrons. The molecule has 2 aromatic carbocycles. The molecule has 0 spiro atoms. The maximum Gasteiger partial charge on any atom is 0.339 e. The molecule has 2 rings (SSSR count). The van der Waals surface area contributed by atoms with Crippen molar-refractivity contribution in [3.8, 4) is 11.5 Å². The van der Waals surface area contributed by atoms with E-state index in [4.69, 9.17) is 9.84 Å². The summed E-state index contributed by atoms with van der Waals surface area (Å²) < 4.78 is 37.7. The SMILES string of the molecule is O=C(O)c1ccc(CCCOc2ccccc2)c(S(=O)(=O)O)c1O. The minimum Gasteiger partial charge on any atom is -0.506 e. The van der Waals surface area contributed by atoms with Gasteiger partial charge in [0, 0.05) is 0 Å². The van der Waals surface area contributed by atoms with Crippen LogP contribution in [0, 0.1) is 0 Å². The highest BCUT2D eigenvalue weighted by Crippen LogP contribution is 2.31. The quantitative estimate of drug-likeness (QED) is 0.516. The molecule has 0 heterocycles. The zero-order valence-electron chi connectivity index (χ0n) is 12.5. The number of ether oxygens (including phenoxy) is 1. The van der Waals surface area contributed by atoms with Gasteiger partial charge in [0.15, 0.2) is 5.75 Å². The topological polar surface area (TPSA) is 121 Å². The van der Waals surface area contributed by atoms with Gasteiger partial charge in [0.1, 0.15) is 16.2 Å². The average molecular weight is 352 g/mol. The van der Waals surface area contributed by atoms with Crippen molar-refractivity contribution >= 4 is 16.1 Å². The molecule has 7 nitrogen and oxygen atoms in total. The zero-order chi connectivity index (χ0) is 17.7. The number of aromatic hydroxyl groups is 1. The van der Waals surface area contributed by atoms with Crippen molar-refractivity contribution in [3.05, 3.63) is 53.6 Å². The second-order valence-electron chi connectivity index (χ2n) is 5.00. The van der Waals surface area contributed by atoms with E-state index in [1.807, 2.05) is 18.2 Å². The molecule has 0 amide bonds. The largest absolute Gasteiger partial charge is 0.506 e. The monoisotopic (exact) mass is 352 g/mol. The van der Waals surface area contributed by atoms with Crippen LogP contribution in [0.1, 0.15) is 22.3 Å². The molecule has 0 saturated heterocycles. The van der Waals surface area contributed by atoms with Gasteiger partial charge >= 0.3 is 5.97 Å².